The fourth-order valence-electron chi connectivity index (χ4n) is 9.82. The summed E-state index contributed by atoms with van der Waals surface area (Å²) in [6.45, 7) is 11.3. The van der Waals surface area contributed by atoms with Crippen molar-refractivity contribution in [1.29, 1.82) is 0 Å². The van der Waals surface area contributed by atoms with E-state index in [0.717, 1.165) is 50.8 Å². The summed E-state index contributed by atoms with van der Waals surface area (Å²) in [7, 11) is 0. The smallest absolute Gasteiger partial charge is 0.212 e. The van der Waals surface area contributed by atoms with Gasteiger partial charge in [-0.05, 0) is 113 Å². The van der Waals surface area contributed by atoms with Crippen LogP contribution in [0.3, 0.4) is 0 Å². The predicted octanol–water partition coefficient (Wildman–Crippen LogP) is 4.17. The highest BCUT2D eigenvalue weighted by Gasteiger charge is 2.67. The van der Waals surface area contributed by atoms with Crippen LogP contribution in [0.25, 0.3) is 0 Å². The SMILES string of the molecule is C[C@]12CC[C@H](OCCCN3CCCC3)C[C@H]1CC[C@@H]1[C@@H]2CC[C@]2(C)[C@@H](/C=N/NC3=NCCN3)CC[C@]12O. The van der Waals surface area contributed by atoms with Crippen molar-refractivity contribution in [3.05, 3.63) is 0 Å². The summed E-state index contributed by atoms with van der Waals surface area (Å²) in [5.74, 6) is 2.92. The second kappa shape index (κ2) is 10.4. The van der Waals surface area contributed by atoms with E-state index in [0.29, 0.717) is 29.3 Å². The predicted molar refractivity (Wildman–Crippen MR) is 149 cm³/mol. The van der Waals surface area contributed by atoms with Gasteiger partial charge in [0, 0.05) is 37.2 Å². The van der Waals surface area contributed by atoms with Crippen molar-refractivity contribution in [2.75, 3.05) is 39.3 Å². The number of rotatable bonds is 7. The van der Waals surface area contributed by atoms with Gasteiger partial charge in [-0.3, -0.25) is 0 Å². The summed E-state index contributed by atoms with van der Waals surface area (Å²) in [5, 5.41) is 20.2. The van der Waals surface area contributed by atoms with Crippen molar-refractivity contribution < 1.29 is 9.84 Å². The Bertz CT molecular complexity index is 874. The maximum Gasteiger partial charge on any atom is 0.212 e. The topological polar surface area (TPSA) is 81.5 Å². The number of nitrogens with one attached hydrogen (secondary N) is 2. The molecular weight excluding hydrogens is 462 g/mol. The normalized spacial score (nSPS) is 45.8. The number of aliphatic hydroxyl groups is 1. The summed E-state index contributed by atoms with van der Waals surface area (Å²) < 4.78 is 6.46. The number of likely N-dealkylation sites (tertiary alicyclic amines) is 1. The molecule has 0 aromatic carbocycles. The quantitative estimate of drug-likeness (QED) is 0.271. The Balaban J connectivity index is 1.06. The fraction of sp³-hybridized carbons (Fsp3) is 0.933. The zero-order valence-electron chi connectivity index (χ0n) is 23.4. The van der Waals surface area contributed by atoms with E-state index in [9.17, 15) is 5.11 Å². The Morgan fingerprint density at radius 1 is 1.11 bits per heavy atom. The fourth-order valence-corrected chi connectivity index (χ4v) is 9.82. The molecule has 4 saturated carbocycles. The Kier molecular flexibility index (Phi) is 7.34. The second-order valence-electron chi connectivity index (χ2n) is 13.7. The first-order valence-electron chi connectivity index (χ1n) is 15.6. The lowest BCUT2D eigenvalue weighted by Crippen LogP contribution is -2.62. The largest absolute Gasteiger partial charge is 0.389 e. The second-order valence-corrected chi connectivity index (χ2v) is 13.7. The summed E-state index contributed by atoms with van der Waals surface area (Å²) >= 11 is 0. The molecule has 6 aliphatic rings. The zero-order valence-corrected chi connectivity index (χ0v) is 23.4. The molecule has 0 bridgehead atoms. The average molecular weight is 514 g/mol. The molecule has 37 heavy (non-hydrogen) atoms. The van der Waals surface area contributed by atoms with Crippen LogP contribution in [0, 0.1) is 34.5 Å². The van der Waals surface area contributed by atoms with Crippen LogP contribution >= 0.6 is 0 Å². The molecule has 7 heteroatoms. The molecule has 208 valence electrons. The lowest BCUT2D eigenvalue weighted by Gasteiger charge is -2.63. The van der Waals surface area contributed by atoms with Crippen molar-refractivity contribution in [2.24, 2.45) is 44.6 Å². The molecule has 8 atom stereocenters. The van der Waals surface area contributed by atoms with Gasteiger partial charge in [0.05, 0.1) is 18.2 Å². The van der Waals surface area contributed by atoms with Crippen molar-refractivity contribution in [2.45, 2.75) is 103 Å². The molecule has 5 fully saturated rings. The summed E-state index contributed by atoms with van der Waals surface area (Å²) in [6, 6.07) is 0. The first kappa shape index (κ1) is 26.1. The van der Waals surface area contributed by atoms with Crippen LogP contribution < -0.4 is 10.7 Å². The molecule has 0 aromatic heterocycles. The molecule has 0 radical (unpaired) electrons. The Morgan fingerprint density at radius 2 is 1.97 bits per heavy atom. The van der Waals surface area contributed by atoms with Gasteiger partial charge in [-0.25, -0.2) is 10.4 Å². The maximum atomic E-state index is 12.4. The number of aliphatic imine (C=N–C) groups is 1. The molecular formula is C30H51N5O2. The number of hydrazone groups is 1. The lowest BCUT2D eigenvalue weighted by atomic mass is 9.43. The first-order chi connectivity index (χ1) is 17.9. The van der Waals surface area contributed by atoms with E-state index in [1.165, 1.54) is 77.4 Å². The highest BCUT2D eigenvalue weighted by atomic mass is 16.5. The summed E-state index contributed by atoms with van der Waals surface area (Å²) in [6.07, 6.45) is 16.9. The molecule has 4 aliphatic carbocycles. The van der Waals surface area contributed by atoms with E-state index in [1.807, 2.05) is 0 Å². The van der Waals surface area contributed by atoms with Crippen LogP contribution in [-0.2, 0) is 4.74 Å². The van der Waals surface area contributed by atoms with Crippen LogP contribution in [0.2, 0.25) is 0 Å². The molecule has 7 nitrogen and oxygen atoms in total. The number of nitrogens with zero attached hydrogens (tertiary/aromatic N) is 3. The van der Waals surface area contributed by atoms with Crippen LogP contribution in [-0.4, -0.2) is 73.2 Å². The molecule has 0 aromatic rings. The van der Waals surface area contributed by atoms with Crippen molar-refractivity contribution >= 4 is 12.2 Å². The van der Waals surface area contributed by atoms with Gasteiger partial charge in [-0.2, -0.15) is 5.10 Å². The zero-order chi connectivity index (χ0) is 25.5. The lowest BCUT2D eigenvalue weighted by molar-refractivity contribution is -0.207. The number of hydrogen-bond acceptors (Lipinski definition) is 7. The van der Waals surface area contributed by atoms with Crippen molar-refractivity contribution in [3.63, 3.8) is 0 Å². The monoisotopic (exact) mass is 513 g/mol. The summed E-state index contributed by atoms with van der Waals surface area (Å²) in [5.41, 5.74) is 2.80. The minimum Gasteiger partial charge on any atom is -0.389 e. The van der Waals surface area contributed by atoms with Gasteiger partial charge in [0.15, 0.2) is 0 Å². The Morgan fingerprint density at radius 3 is 2.78 bits per heavy atom. The third-order valence-electron chi connectivity index (χ3n) is 12.1. The molecule has 2 aliphatic heterocycles. The van der Waals surface area contributed by atoms with Gasteiger partial charge in [-0.1, -0.05) is 13.8 Å². The van der Waals surface area contributed by atoms with E-state index < -0.39 is 5.60 Å². The van der Waals surface area contributed by atoms with Gasteiger partial charge < -0.3 is 20.1 Å². The Hall–Kier alpha value is -1.18. The molecule has 0 unspecified atom stereocenters. The highest BCUT2D eigenvalue weighted by molar-refractivity contribution is 5.81. The first-order valence-corrected chi connectivity index (χ1v) is 15.6. The third-order valence-corrected chi connectivity index (χ3v) is 12.1. The van der Waals surface area contributed by atoms with E-state index in [4.69, 9.17) is 4.74 Å². The number of hydrogen-bond donors (Lipinski definition) is 3. The Labute approximate surface area is 224 Å². The average Bonchev–Trinajstić information content (AvgIpc) is 3.65. The number of guanidine groups is 1. The van der Waals surface area contributed by atoms with Crippen LogP contribution in [0.1, 0.15) is 90.9 Å². The molecule has 0 spiro atoms. The molecule has 6 rings (SSSR count). The van der Waals surface area contributed by atoms with Crippen LogP contribution in [0.5, 0.6) is 0 Å². The standard InChI is InChI=1S/C30H51N5O2/c1-28-11-9-24(37-19-5-18-35-16-3-4-17-35)20-22(28)6-7-26-25(28)10-12-29(2)23(8-13-30(26,29)36)21-33-34-27-31-14-15-32-27/h21-26,36H,3-20H2,1-2H3,(H2,31,32,34)/b33-21+/t22-,23-,24+,25+,26-,28+,29-,30+/m1/s1. The van der Waals surface area contributed by atoms with Crippen LogP contribution in [0.4, 0.5) is 0 Å². The van der Waals surface area contributed by atoms with Gasteiger partial charge in [0.25, 0.3) is 0 Å². The number of ether oxygens (including phenoxy) is 1. The van der Waals surface area contributed by atoms with E-state index in [2.05, 4.69) is 45.8 Å². The maximum absolute atomic E-state index is 12.4. The van der Waals surface area contributed by atoms with Crippen molar-refractivity contribution in [1.82, 2.24) is 15.6 Å². The molecule has 1 saturated heterocycles. The molecule has 3 N–H and O–H groups in total. The van der Waals surface area contributed by atoms with Gasteiger partial charge in [0.2, 0.25) is 5.96 Å². The molecule has 2 heterocycles. The van der Waals surface area contributed by atoms with Gasteiger partial charge >= 0.3 is 0 Å². The van der Waals surface area contributed by atoms with Gasteiger partial charge in [-0.15, -0.1) is 0 Å². The van der Waals surface area contributed by atoms with Crippen LogP contribution in [0.15, 0.2) is 10.1 Å². The minimum atomic E-state index is -0.563. The summed E-state index contributed by atoms with van der Waals surface area (Å²) in [4.78, 5) is 6.97. The number of fused-ring (bicyclic) bond motifs is 5. The van der Waals surface area contributed by atoms with E-state index >= 15 is 0 Å². The molecule has 0 amide bonds. The van der Waals surface area contributed by atoms with E-state index in [1.54, 1.807) is 0 Å². The van der Waals surface area contributed by atoms with E-state index in [-0.39, 0.29) is 5.41 Å². The minimum absolute atomic E-state index is 0.0802. The van der Waals surface area contributed by atoms with Gasteiger partial charge in [0.1, 0.15) is 0 Å². The van der Waals surface area contributed by atoms with Crippen molar-refractivity contribution in [3.8, 4) is 0 Å². The third kappa shape index (κ3) is 4.65. The highest BCUT2D eigenvalue weighted by Crippen LogP contribution is 2.68.